The van der Waals surface area contributed by atoms with E-state index in [1.165, 1.54) is 14.1 Å². The van der Waals surface area contributed by atoms with Gasteiger partial charge in [0.25, 0.3) is 5.56 Å². The van der Waals surface area contributed by atoms with Crippen LogP contribution in [0.2, 0.25) is 0 Å². The summed E-state index contributed by atoms with van der Waals surface area (Å²) in [5.74, 6) is -0.0908. The summed E-state index contributed by atoms with van der Waals surface area (Å²) in [5.41, 5.74) is -2.53. The first-order valence-electron chi connectivity index (χ1n) is 6.50. The van der Waals surface area contributed by atoms with Gasteiger partial charge in [-0.05, 0) is 5.92 Å². The number of hydrogen-bond donors (Lipinski definition) is 1. The topological polar surface area (TPSA) is 102 Å². The van der Waals surface area contributed by atoms with Gasteiger partial charge < -0.3 is 9.67 Å². The van der Waals surface area contributed by atoms with Gasteiger partial charge in [0, 0.05) is 33.4 Å². The zero-order valence-corrected chi connectivity index (χ0v) is 13.2. The summed E-state index contributed by atoms with van der Waals surface area (Å²) in [4.78, 5) is 23.1. The number of aliphatic hydroxyl groups is 1. The van der Waals surface area contributed by atoms with Crippen LogP contribution in [0.15, 0.2) is 20.7 Å². The number of nitrogens with zero attached hydrogens (tertiary/aromatic N) is 3. The lowest BCUT2D eigenvalue weighted by Crippen LogP contribution is -2.66. The lowest BCUT2D eigenvalue weighted by Gasteiger charge is -2.47. The molecule has 9 heteroatoms. The highest BCUT2D eigenvalue weighted by Gasteiger charge is 2.49. The summed E-state index contributed by atoms with van der Waals surface area (Å²) < 4.78 is 27.7. The number of hydrogen-bond acceptors (Lipinski definition) is 5. The smallest absolute Gasteiger partial charge is 0.330 e. The van der Waals surface area contributed by atoms with Gasteiger partial charge in [-0.3, -0.25) is 9.36 Å². The molecule has 0 spiro atoms. The largest absolute Gasteiger partial charge is 0.387 e. The lowest BCUT2D eigenvalue weighted by atomic mass is 9.85. The van der Waals surface area contributed by atoms with E-state index in [9.17, 15) is 23.1 Å². The van der Waals surface area contributed by atoms with Crippen LogP contribution < -0.4 is 11.2 Å². The van der Waals surface area contributed by atoms with Gasteiger partial charge in [0.15, 0.2) is 4.90 Å². The SMILES string of the molecule is CC(C)C1(O)CN(S(=O)(=O)c2cn(C)c(=O)n(C)c2=O)C1. The first-order chi connectivity index (χ1) is 9.50. The second kappa shape index (κ2) is 4.79. The molecule has 1 aromatic heterocycles. The van der Waals surface area contributed by atoms with Crippen LogP contribution in [0.25, 0.3) is 0 Å². The summed E-state index contributed by atoms with van der Waals surface area (Å²) in [5, 5.41) is 10.1. The number of aryl methyl sites for hydroxylation is 1. The number of sulfonamides is 1. The molecule has 0 aliphatic carbocycles. The number of aromatic nitrogens is 2. The first-order valence-corrected chi connectivity index (χ1v) is 7.94. The third-order valence-electron chi connectivity index (χ3n) is 4.01. The Kier molecular flexibility index (Phi) is 3.63. The molecule has 1 saturated heterocycles. The van der Waals surface area contributed by atoms with Gasteiger partial charge in [-0.25, -0.2) is 13.2 Å². The molecule has 0 amide bonds. The molecule has 2 heterocycles. The normalized spacial score (nSPS) is 18.8. The maximum Gasteiger partial charge on any atom is 0.330 e. The van der Waals surface area contributed by atoms with Crippen LogP contribution in [0.1, 0.15) is 13.8 Å². The van der Waals surface area contributed by atoms with Crippen LogP contribution in [0.4, 0.5) is 0 Å². The lowest BCUT2D eigenvalue weighted by molar-refractivity contribution is -0.0932. The molecular formula is C12H19N3O5S. The van der Waals surface area contributed by atoms with Crippen molar-refractivity contribution in [1.82, 2.24) is 13.4 Å². The molecule has 2 rings (SSSR count). The van der Waals surface area contributed by atoms with Gasteiger partial charge in [0.2, 0.25) is 10.0 Å². The molecule has 21 heavy (non-hydrogen) atoms. The summed E-state index contributed by atoms with van der Waals surface area (Å²) in [6.45, 7) is 3.49. The van der Waals surface area contributed by atoms with Crippen molar-refractivity contribution in [2.45, 2.75) is 24.3 Å². The van der Waals surface area contributed by atoms with E-state index >= 15 is 0 Å². The highest BCUT2D eigenvalue weighted by Crippen LogP contribution is 2.32. The highest BCUT2D eigenvalue weighted by atomic mass is 32.2. The Morgan fingerprint density at radius 2 is 1.76 bits per heavy atom. The van der Waals surface area contributed by atoms with Crippen molar-refractivity contribution in [2.75, 3.05) is 13.1 Å². The molecular weight excluding hydrogens is 298 g/mol. The second-order valence-electron chi connectivity index (χ2n) is 5.78. The molecule has 8 nitrogen and oxygen atoms in total. The minimum absolute atomic E-state index is 0.0566. The summed E-state index contributed by atoms with van der Waals surface area (Å²) >= 11 is 0. The highest BCUT2D eigenvalue weighted by molar-refractivity contribution is 7.89. The predicted molar refractivity (Wildman–Crippen MR) is 75.5 cm³/mol. The maximum atomic E-state index is 12.4. The van der Waals surface area contributed by atoms with Gasteiger partial charge in [-0.1, -0.05) is 13.8 Å². The molecule has 118 valence electrons. The molecule has 1 fully saturated rings. The molecule has 0 saturated carbocycles. The third-order valence-corrected chi connectivity index (χ3v) is 5.78. The van der Waals surface area contributed by atoms with Gasteiger partial charge in [0.05, 0.1) is 5.60 Å². The zero-order chi connectivity index (χ0) is 16.2. The van der Waals surface area contributed by atoms with Crippen LogP contribution in [-0.4, -0.2) is 45.7 Å². The van der Waals surface area contributed by atoms with E-state index in [4.69, 9.17) is 0 Å². The monoisotopic (exact) mass is 317 g/mol. The third kappa shape index (κ3) is 2.34. The maximum absolute atomic E-state index is 12.4. The Labute approximate surface area is 122 Å². The molecule has 0 atom stereocenters. The Morgan fingerprint density at radius 3 is 2.24 bits per heavy atom. The van der Waals surface area contributed by atoms with Crippen molar-refractivity contribution in [3.8, 4) is 0 Å². The standard InChI is InChI=1S/C12H19N3O5S/c1-8(2)12(18)6-15(7-12)21(19,20)9-5-13(3)11(17)14(4)10(9)16/h5,8,18H,6-7H2,1-4H3. The average molecular weight is 317 g/mol. The van der Waals surface area contributed by atoms with E-state index in [2.05, 4.69) is 0 Å². The zero-order valence-electron chi connectivity index (χ0n) is 12.4. The minimum Gasteiger partial charge on any atom is -0.387 e. The van der Waals surface area contributed by atoms with Crippen LogP contribution in [-0.2, 0) is 24.1 Å². The Hall–Kier alpha value is -1.45. The molecule has 0 aromatic carbocycles. The van der Waals surface area contributed by atoms with E-state index in [0.717, 1.165) is 19.6 Å². The molecule has 0 radical (unpaired) electrons. The summed E-state index contributed by atoms with van der Waals surface area (Å²) in [7, 11) is -1.42. The van der Waals surface area contributed by atoms with Crippen molar-refractivity contribution in [3.05, 3.63) is 27.0 Å². The summed E-state index contributed by atoms with van der Waals surface area (Å²) in [6.07, 6.45) is 1.02. The van der Waals surface area contributed by atoms with Crippen LogP contribution in [0, 0.1) is 5.92 Å². The van der Waals surface area contributed by atoms with Crippen molar-refractivity contribution in [1.29, 1.82) is 0 Å². The van der Waals surface area contributed by atoms with Crippen molar-refractivity contribution < 1.29 is 13.5 Å². The fourth-order valence-corrected chi connectivity index (χ4v) is 3.90. The van der Waals surface area contributed by atoms with E-state index in [1.54, 1.807) is 13.8 Å². The van der Waals surface area contributed by atoms with Crippen LogP contribution in [0.3, 0.4) is 0 Å². The number of β-amino-alcohol motifs (C(OH)–C–C–N with tert-alkyl or cyclic N) is 1. The van der Waals surface area contributed by atoms with Crippen molar-refractivity contribution in [3.63, 3.8) is 0 Å². The van der Waals surface area contributed by atoms with Crippen LogP contribution >= 0.6 is 0 Å². The molecule has 1 N–H and O–H groups in total. The van der Waals surface area contributed by atoms with E-state index in [0.29, 0.717) is 0 Å². The van der Waals surface area contributed by atoms with E-state index in [-0.39, 0.29) is 19.0 Å². The molecule has 1 aromatic rings. The van der Waals surface area contributed by atoms with Gasteiger partial charge >= 0.3 is 5.69 Å². The van der Waals surface area contributed by atoms with E-state index < -0.39 is 31.8 Å². The molecule has 1 aliphatic heterocycles. The van der Waals surface area contributed by atoms with E-state index in [1.807, 2.05) is 0 Å². The quantitative estimate of drug-likeness (QED) is 0.729. The van der Waals surface area contributed by atoms with Crippen molar-refractivity contribution in [2.24, 2.45) is 20.0 Å². The van der Waals surface area contributed by atoms with Gasteiger partial charge in [-0.2, -0.15) is 4.31 Å². The first kappa shape index (κ1) is 15.9. The molecule has 0 unspecified atom stereocenters. The van der Waals surface area contributed by atoms with Gasteiger partial charge in [0.1, 0.15) is 0 Å². The number of rotatable bonds is 3. The fourth-order valence-electron chi connectivity index (χ4n) is 2.19. The predicted octanol–water partition coefficient (Wildman–Crippen LogP) is -1.52. The summed E-state index contributed by atoms with van der Waals surface area (Å²) in [6, 6.07) is 0. The second-order valence-corrected chi connectivity index (χ2v) is 7.69. The molecule has 1 aliphatic rings. The average Bonchev–Trinajstić information content (AvgIpc) is 2.36. The van der Waals surface area contributed by atoms with Crippen molar-refractivity contribution >= 4 is 10.0 Å². The van der Waals surface area contributed by atoms with Gasteiger partial charge in [-0.15, -0.1) is 0 Å². The van der Waals surface area contributed by atoms with Crippen LogP contribution in [0.5, 0.6) is 0 Å². The fraction of sp³-hybridized carbons (Fsp3) is 0.667. The Balaban J connectivity index is 2.45. The Morgan fingerprint density at radius 1 is 1.24 bits per heavy atom. The molecule has 0 bridgehead atoms. The minimum atomic E-state index is -4.02. The Bertz CT molecular complexity index is 784.